The molecular formula is C15H32O2. The predicted molar refractivity (Wildman–Crippen MR) is 74.4 cm³/mol. The third-order valence-electron chi connectivity index (χ3n) is 4.75. The fraction of sp³-hybridized carbons (Fsp3) is 1.00. The first-order valence-electron chi connectivity index (χ1n) is 6.43. The summed E-state index contributed by atoms with van der Waals surface area (Å²) in [6.07, 6.45) is 0.875. The highest BCUT2D eigenvalue weighted by atomic mass is 16.5. The molecule has 104 valence electrons. The van der Waals surface area contributed by atoms with E-state index in [0.29, 0.717) is 0 Å². The molecule has 2 unspecified atom stereocenters. The molecule has 0 aliphatic rings. The molecule has 0 aromatic rings. The van der Waals surface area contributed by atoms with Gasteiger partial charge in [-0.15, -0.1) is 0 Å². The van der Waals surface area contributed by atoms with Gasteiger partial charge in [-0.25, -0.2) is 0 Å². The topological polar surface area (TPSA) is 18.5 Å². The van der Waals surface area contributed by atoms with E-state index in [-0.39, 0.29) is 22.0 Å². The van der Waals surface area contributed by atoms with Crippen LogP contribution in [0.15, 0.2) is 0 Å². The lowest BCUT2D eigenvalue weighted by Gasteiger charge is -2.50. The summed E-state index contributed by atoms with van der Waals surface area (Å²) in [5.74, 6) is 0. The molecular weight excluding hydrogens is 212 g/mol. The Bertz CT molecular complexity index is 221. The van der Waals surface area contributed by atoms with Gasteiger partial charge in [0.05, 0.1) is 11.2 Å². The van der Waals surface area contributed by atoms with Crippen LogP contribution in [0.25, 0.3) is 0 Å². The molecule has 0 rings (SSSR count). The van der Waals surface area contributed by atoms with E-state index in [9.17, 15) is 0 Å². The summed E-state index contributed by atoms with van der Waals surface area (Å²) in [6, 6.07) is 0. The van der Waals surface area contributed by atoms with E-state index in [2.05, 4.69) is 55.4 Å². The predicted octanol–water partition coefficient (Wildman–Crippen LogP) is 4.28. The molecule has 0 saturated carbocycles. The molecule has 2 heteroatoms. The molecule has 0 bridgehead atoms. The fourth-order valence-corrected chi connectivity index (χ4v) is 1.93. The standard InChI is InChI=1S/C15H32O2/c1-12(2,3)14(7,16-9)11-15(8,17-10)13(4,5)6/h11H2,1-10H3. The zero-order valence-corrected chi connectivity index (χ0v) is 13.5. The van der Waals surface area contributed by atoms with E-state index < -0.39 is 0 Å². The Morgan fingerprint density at radius 2 is 0.824 bits per heavy atom. The first-order chi connectivity index (χ1) is 7.33. The van der Waals surface area contributed by atoms with Gasteiger partial charge in [-0.3, -0.25) is 0 Å². The van der Waals surface area contributed by atoms with Crippen LogP contribution in [0.2, 0.25) is 0 Å². The second kappa shape index (κ2) is 4.89. The minimum absolute atomic E-state index is 0.0762. The molecule has 0 N–H and O–H groups in total. The third kappa shape index (κ3) is 3.45. The average molecular weight is 244 g/mol. The van der Waals surface area contributed by atoms with E-state index in [1.807, 2.05) is 0 Å². The van der Waals surface area contributed by atoms with Gasteiger partial charge >= 0.3 is 0 Å². The molecule has 0 aromatic carbocycles. The molecule has 0 saturated heterocycles. The minimum atomic E-state index is -0.203. The molecule has 17 heavy (non-hydrogen) atoms. The summed E-state index contributed by atoms with van der Waals surface area (Å²) >= 11 is 0. The summed E-state index contributed by atoms with van der Waals surface area (Å²) in [6.45, 7) is 17.7. The van der Waals surface area contributed by atoms with Crippen LogP contribution >= 0.6 is 0 Å². The van der Waals surface area contributed by atoms with E-state index >= 15 is 0 Å². The van der Waals surface area contributed by atoms with Gasteiger partial charge < -0.3 is 9.47 Å². The van der Waals surface area contributed by atoms with Crippen LogP contribution in [0.1, 0.15) is 61.8 Å². The summed E-state index contributed by atoms with van der Waals surface area (Å²) in [5, 5.41) is 0. The van der Waals surface area contributed by atoms with Gasteiger partial charge in [0, 0.05) is 20.6 Å². The zero-order chi connectivity index (χ0) is 14.1. The minimum Gasteiger partial charge on any atom is -0.378 e. The van der Waals surface area contributed by atoms with Gasteiger partial charge in [0.25, 0.3) is 0 Å². The molecule has 0 amide bonds. The molecule has 0 radical (unpaired) electrons. The highest BCUT2D eigenvalue weighted by Crippen LogP contribution is 2.45. The fourth-order valence-electron chi connectivity index (χ4n) is 1.93. The van der Waals surface area contributed by atoms with Gasteiger partial charge in [0.1, 0.15) is 0 Å². The van der Waals surface area contributed by atoms with Crippen molar-refractivity contribution in [1.29, 1.82) is 0 Å². The van der Waals surface area contributed by atoms with E-state index in [0.717, 1.165) is 6.42 Å². The Morgan fingerprint density at radius 3 is 0.941 bits per heavy atom. The van der Waals surface area contributed by atoms with Crippen LogP contribution in [0.4, 0.5) is 0 Å². The van der Waals surface area contributed by atoms with Crippen LogP contribution in [-0.4, -0.2) is 25.4 Å². The highest BCUT2D eigenvalue weighted by Gasteiger charge is 2.48. The lowest BCUT2D eigenvalue weighted by atomic mass is 9.65. The normalized spacial score (nSPS) is 20.8. The van der Waals surface area contributed by atoms with Crippen molar-refractivity contribution in [2.75, 3.05) is 14.2 Å². The van der Waals surface area contributed by atoms with Crippen LogP contribution in [0, 0.1) is 10.8 Å². The largest absolute Gasteiger partial charge is 0.378 e. The highest BCUT2D eigenvalue weighted by molar-refractivity contribution is 4.99. The third-order valence-corrected chi connectivity index (χ3v) is 4.75. The van der Waals surface area contributed by atoms with Gasteiger partial charge in [0.15, 0.2) is 0 Å². The van der Waals surface area contributed by atoms with Gasteiger partial charge in [-0.1, -0.05) is 41.5 Å². The molecule has 0 spiro atoms. The maximum Gasteiger partial charge on any atom is 0.0726 e. The molecule has 0 aromatic heterocycles. The Morgan fingerprint density at radius 1 is 0.588 bits per heavy atom. The molecule has 0 fully saturated rings. The van der Waals surface area contributed by atoms with E-state index in [1.165, 1.54) is 0 Å². The van der Waals surface area contributed by atoms with Crippen molar-refractivity contribution >= 4 is 0 Å². The van der Waals surface area contributed by atoms with Crippen LogP contribution < -0.4 is 0 Å². The number of hydrogen-bond donors (Lipinski definition) is 0. The first-order valence-corrected chi connectivity index (χ1v) is 6.43. The average Bonchev–Trinajstić information content (AvgIpc) is 2.13. The summed E-state index contributed by atoms with van der Waals surface area (Å²) < 4.78 is 11.6. The Balaban J connectivity index is 5.27. The second-order valence-corrected chi connectivity index (χ2v) is 7.55. The van der Waals surface area contributed by atoms with Crippen LogP contribution in [0.5, 0.6) is 0 Å². The first kappa shape index (κ1) is 16.9. The van der Waals surface area contributed by atoms with Crippen molar-refractivity contribution in [2.24, 2.45) is 10.8 Å². The molecule has 2 atom stereocenters. The summed E-state index contributed by atoms with van der Waals surface area (Å²) in [7, 11) is 3.59. The van der Waals surface area contributed by atoms with Crippen LogP contribution in [-0.2, 0) is 9.47 Å². The van der Waals surface area contributed by atoms with Crippen molar-refractivity contribution < 1.29 is 9.47 Å². The Kier molecular flexibility index (Phi) is 4.87. The Hall–Kier alpha value is -0.0800. The SMILES string of the molecule is COC(C)(CC(C)(OC)C(C)(C)C)C(C)(C)C. The number of ether oxygens (including phenoxy) is 2. The number of rotatable bonds is 4. The number of hydrogen-bond acceptors (Lipinski definition) is 2. The smallest absolute Gasteiger partial charge is 0.0726 e. The van der Waals surface area contributed by atoms with Crippen molar-refractivity contribution in [1.82, 2.24) is 0 Å². The van der Waals surface area contributed by atoms with Crippen molar-refractivity contribution in [3.05, 3.63) is 0 Å². The molecule has 0 aliphatic heterocycles. The molecule has 0 aliphatic carbocycles. The zero-order valence-electron chi connectivity index (χ0n) is 13.5. The summed E-state index contributed by atoms with van der Waals surface area (Å²) in [4.78, 5) is 0. The van der Waals surface area contributed by atoms with Gasteiger partial charge in [-0.2, -0.15) is 0 Å². The van der Waals surface area contributed by atoms with E-state index in [4.69, 9.17) is 9.47 Å². The van der Waals surface area contributed by atoms with Crippen molar-refractivity contribution in [3.8, 4) is 0 Å². The second-order valence-electron chi connectivity index (χ2n) is 7.55. The molecule has 0 heterocycles. The number of methoxy groups -OCH3 is 2. The lowest BCUT2D eigenvalue weighted by molar-refractivity contribution is -0.166. The van der Waals surface area contributed by atoms with Gasteiger partial charge in [-0.05, 0) is 24.7 Å². The monoisotopic (exact) mass is 244 g/mol. The lowest BCUT2D eigenvalue weighted by Crippen LogP contribution is -2.53. The van der Waals surface area contributed by atoms with E-state index in [1.54, 1.807) is 14.2 Å². The van der Waals surface area contributed by atoms with Crippen LogP contribution in [0.3, 0.4) is 0 Å². The maximum absolute atomic E-state index is 5.81. The van der Waals surface area contributed by atoms with Gasteiger partial charge in [0.2, 0.25) is 0 Å². The van der Waals surface area contributed by atoms with Crippen molar-refractivity contribution in [3.63, 3.8) is 0 Å². The molecule has 2 nitrogen and oxygen atoms in total. The Labute approximate surface area is 108 Å². The maximum atomic E-state index is 5.81. The van der Waals surface area contributed by atoms with Crippen molar-refractivity contribution in [2.45, 2.75) is 73.0 Å². The quantitative estimate of drug-likeness (QED) is 0.735. The summed E-state index contributed by atoms with van der Waals surface area (Å²) in [5.41, 5.74) is -0.254.